The van der Waals surface area contributed by atoms with E-state index in [9.17, 15) is 8.42 Å². The lowest BCUT2D eigenvalue weighted by molar-refractivity contribution is 0.351. The number of aromatic nitrogens is 1. The number of nitrogens with one attached hydrogen (secondary N) is 1. The molecule has 18 heavy (non-hydrogen) atoms. The fourth-order valence-electron chi connectivity index (χ4n) is 2.55. The van der Waals surface area contributed by atoms with Gasteiger partial charge >= 0.3 is 0 Å². The van der Waals surface area contributed by atoms with Crippen LogP contribution in [0.3, 0.4) is 0 Å². The van der Waals surface area contributed by atoms with Gasteiger partial charge in [-0.2, -0.15) is 0 Å². The summed E-state index contributed by atoms with van der Waals surface area (Å²) in [4.78, 5) is 5.85. The highest BCUT2D eigenvalue weighted by Crippen LogP contribution is 2.36. The highest BCUT2D eigenvalue weighted by molar-refractivity contribution is 7.91. The summed E-state index contributed by atoms with van der Waals surface area (Å²) >= 11 is 1.63. The average Bonchev–Trinajstić information content (AvgIpc) is 2.69. The van der Waals surface area contributed by atoms with Crippen molar-refractivity contribution in [3.63, 3.8) is 0 Å². The van der Waals surface area contributed by atoms with Gasteiger partial charge < -0.3 is 5.32 Å². The first-order valence-electron chi connectivity index (χ1n) is 6.28. The van der Waals surface area contributed by atoms with E-state index < -0.39 is 15.4 Å². The van der Waals surface area contributed by atoms with Crippen LogP contribution in [0.4, 0.5) is 0 Å². The zero-order chi connectivity index (χ0) is 13.4. The van der Waals surface area contributed by atoms with E-state index in [1.807, 2.05) is 7.05 Å². The molecule has 0 bridgehead atoms. The van der Waals surface area contributed by atoms with Gasteiger partial charge in [0.05, 0.1) is 22.7 Å². The summed E-state index contributed by atoms with van der Waals surface area (Å²) in [5, 5.41) is 4.16. The van der Waals surface area contributed by atoms with Gasteiger partial charge in [0, 0.05) is 4.88 Å². The summed E-state index contributed by atoms with van der Waals surface area (Å²) in [6.07, 6.45) is 2.46. The van der Waals surface area contributed by atoms with Crippen LogP contribution in [0.5, 0.6) is 0 Å². The SMILES string of the molecule is CCc1nc(C2(NC)CCCS(=O)(=O)C2)sc1C. The van der Waals surface area contributed by atoms with Gasteiger partial charge in [0.15, 0.2) is 9.84 Å². The molecule has 1 fully saturated rings. The van der Waals surface area contributed by atoms with E-state index in [0.29, 0.717) is 12.2 Å². The minimum Gasteiger partial charge on any atom is -0.308 e. The molecule has 2 heterocycles. The zero-order valence-corrected chi connectivity index (χ0v) is 12.7. The molecule has 0 spiro atoms. The number of hydrogen-bond acceptors (Lipinski definition) is 5. The topological polar surface area (TPSA) is 59.1 Å². The highest BCUT2D eigenvalue weighted by atomic mass is 32.2. The molecule has 1 saturated heterocycles. The molecule has 1 atom stereocenters. The van der Waals surface area contributed by atoms with E-state index >= 15 is 0 Å². The Balaban J connectivity index is 2.43. The van der Waals surface area contributed by atoms with E-state index in [-0.39, 0.29) is 5.75 Å². The van der Waals surface area contributed by atoms with E-state index in [2.05, 4.69) is 24.1 Å². The van der Waals surface area contributed by atoms with Crippen molar-refractivity contribution < 1.29 is 8.42 Å². The predicted octanol–water partition coefficient (Wildman–Crippen LogP) is 1.64. The molecule has 1 aliphatic heterocycles. The highest BCUT2D eigenvalue weighted by Gasteiger charge is 2.41. The quantitative estimate of drug-likeness (QED) is 0.918. The Morgan fingerprint density at radius 2 is 2.22 bits per heavy atom. The molecule has 1 unspecified atom stereocenters. The molecule has 4 nitrogen and oxygen atoms in total. The molecule has 0 radical (unpaired) electrons. The number of thiazole rings is 1. The second kappa shape index (κ2) is 4.90. The number of nitrogens with zero attached hydrogens (tertiary/aromatic N) is 1. The summed E-state index contributed by atoms with van der Waals surface area (Å²) < 4.78 is 23.8. The minimum atomic E-state index is -2.96. The maximum atomic E-state index is 11.9. The molecular formula is C12H20N2O2S2. The fraction of sp³-hybridized carbons (Fsp3) is 0.750. The second-order valence-electron chi connectivity index (χ2n) is 4.90. The largest absolute Gasteiger partial charge is 0.308 e. The van der Waals surface area contributed by atoms with Gasteiger partial charge in [-0.1, -0.05) is 6.92 Å². The first-order valence-corrected chi connectivity index (χ1v) is 8.92. The normalized spacial score (nSPS) is 27.3. The maximum Gasteiger partial charge on any atom is 0.152 e. The van der Waals surface area contributed by atoms with Crippen molar-refractivity contribution in [2.24, 2.45) is 0 Å². The van der Waals surface area contributed by atoms with Crippen molar-refractivity contribution in [2.45, 2.75) is 38.6 Å². The lowest BCUT2D eigenvalue weighted by atomic mass is 9.96. The lowest BCUT2D eigenvalue weighted by Gasteiger charge is -2.34. The Morgan fingerprint density at radius 1 is 1.50 bits per heavy atom. The summed E-state index contributed by atoms with van der Waals surface area (Å²) in [5.74, 6) is 0.480. The number of hydrogen-bond donors (Lipinski definition) is 1. The molecule has 1 aliphatic rings. The third-order valence-electron chi connectivity index (χ3n) is 3.64. The molecule has 2 rings (SSSR count). The van der Waals surface area contributed by atoms with E-state index in [0.717, 1.165) is 23.5 Å². The summed E-state index contributed by atoms with van der Waals surface area (Å²) in [6, 6.07) is 0. The Hall–Kier alpha value is -0.460. The van der Waals surface area contributed by atoms with Crippen molar-refractivity contribution in [2.75, 3.05) is 18.6 Å². The average molecular weight is 288 g/mol. The van der Waals surface area contributed by atoms with Crippen LogP contribution in [-0.2, 0) is 21.8 Å². The van der Waals surface area contributed by atoms with Gasteiger partial charge in [-0.25, -0.2) is 13.4 Å². The number of sulfone groups is 1. The van der Waals surface area contributed by atoms with Gasteiger partial charge in [-0.3, -0.25) is 0 Å². The first kappa shape index (κ1) is 14.0. The smallest absolute Gasteiger partial charge is 0.152 e. The molecule has 1 aromatic heterocycles. The maximum absolute atomic E-state index is 11.9. The van der Waals surface area contributed by atoms with Gasteiger partial charge in [0.2, 0.25) is 0 Å². The molecule has 0 amide bonds. The van der Waals surface area contributed by atoms with Crippen molar-refractivity contribution in [1.82, 2.24) is 10.3 Å². The zero-order valence-electron chi connectivity index (χ0n) is 11.1. The van der Waals surface area contributed by atoms with Crippen LogP contribution in [-0.4, -0.2) is 32.0 Å². The monoisotopic (exact) mass is 288 g/mol. The van der Waals surface area contributed by atoms with Gasteiger partial charge in [-0.15, -0.1) is 11.3 Å². The van der Waals surface area contributed by atoms with Gasteiger partial charge in [0.25, 0.3) is 0 Å². The Labute approximate surface area is 113 Å². The van der Waals surface area contributed by atoms with Crippen molar-refractivity contribution in [1.29, 1.82) is 0 Å². The Morgan fingerprint density at radius 3 is 2.72 bits per heavy atom. The van der Waals surface area contributed by atoms with Crippen molar-refractivity contribution >= 4 is 21.2 Å². The summed E-state index contributed by atoms with van der Waals surface area (Å²) in [7, 11) is -1.12. The Bertz CT molecular complexity index is 536. The lowest BCUT2D eigenvalue weighted by Crippen LogP contribution is -2.49. The molecule has 0 aromatic carbocycles. The number of aryl methyl sites for hydroxylation is 2. The molecule has 1 N–H and O–H groups in total. The second-order valence-corrected chi connectivity index (χ2v) is 8.29. The minimum absolute atomic E-state index is 0.173. The van der Waals surface area contributed by atoms with Crippen LogP contribution in [0.25, 0.3) is 0 Å². The van der Waals surface area contributed by atoms with E-state index in [4.69, 9.17) is 0 Å². The van der Waals surface area contributed by atoms with Gasteiger partial charge in [-0.05, 0) is 33.2 Å². The van der Waals surface area contributed by atoms with Crippen LogP contribution in [0.1, 0.15) is 35.3 Å². The van der Waals surface area contributed by atoms with Crippen molar-refractivity contribution in [3.05, 3.63) is 15.6 Å². The van der Waals surface area contributed by atoms with Gasteiger partial charge in [0.1, 0.15) is 5.01 Å². The molecule has 1 aromatic rings. The fourth-order valence-corrected chi connectivity index (χ4v) is 5.77. The predicted molar refractivity (Wildman–Crippen MR) is 74.9 cm³/mol. The molecule has 0 aliphatic carbocycles. The number of rotatable bonds is 3. The van der Waals surface area contributed by atoms with Crippen LogP contribution in [0, 0.1) is 6.92 Å². The van der Waals surface area contributed by atoms with Crippen LogP contribution in [0.2, 0.25) is 0 Å². The van der Waals surface area contributed by atoms with E-state index in [1.165, 1.54) is 4.88 Å². The van der Waals surface area contributed by atoms with Crippen LogP contribution < -0.4 is 5.32 Å². The molecule has 0 saturated carbocycles. The molecule has 6 heteroatoms. The molecule has 102 valence electrons. The first-order chi connectivity index (χ1) is 8.42. The van der Waals surface area contributed by atoms with Crippen LogP contribution >= 0.6 is 11.3 Å². The summed E-state index contributed by atoms with van der Waals surface area (Å²) in [5.41, 5.74) is 0.618. The van der Waals surface area contributed by atoms with E-state index in [1.54, 1.807) is 11.3 Å². The Kier molecular flexibility index (Phi) is 3.80. The van der Waals surface area contributed by atoms with Crippen LogP contribution in [0.15, 0.2) is 0 Å². The standard InChI is InChI=1S/C12H20N2O2S2/c1-4-10-9(2)17-11(14-10)12(13-3)6-5-7-18(15,16)8-12/h13H,4-8H2,1-3H3. The third kappa shape index (κ3) is 2.46. The third-order valence-corrected chi connectivity index (χ3v) is 6.70. The summed E-state index contributed by atoms with van der Waals surface area (Å²) in [6.45, 7) is 4.14. The molecular weight excluding hydrogens is 268 g/mol. The van der Waals surface area contributed by atoms with Crippen molar-refractivity contribution in [3.8, 4) is 0 Å².